The van der Waals surface area contributed by atoms with E-state index in [-0.39, 0.29) is 12.4 Å². The third-order valence-corrected chi connectivity index (χ3v) is 2.91. The molecule has 0 amide bonds. The Hall–Kier alpha value is -1.26. The van der Waals surface area contributed by atoms with Gasteiger partial charge in [0.15, 0.2) is 17.8 Å². The highest BCUT2D eigenvalue weighted by Gasteiger charge is 2.22. The maximum absolute atomic E-state index is 5.75. The Morgan fingerprint density at radius 3 is 2.83 bits per heavy atom. The van der Waals surface area contributed by atoms with E-state index >= 15 is 0 Å². The summed E-state index contributed by atoms with van der Waals surface area (Å²) in [6.45, 7) is 5.34. The summed E-state index contributed by atoms with van der Waals surface area (Å²) < 4.78 is 22.2. The summed E-state index contributed by atoms with van der Waals surface area (Å²) in [5.41, 5.74) is 0.960. The van der Waals surface area contributed by atoms with E-state index in [1.54, 1.807) is 7.11 Å². The van der Waals surface area contributed by atoms with E-state index in [9.17, 15) is 0 Å². The van der Waals surface area contributed by atoms with Crippen LogP contribution in [-0.4, -0.2) is 26.4 Å². The summed E-state index contributed by atoms with van der Waals surface area (Å²) in [5.74, 6) is 1.45. The zero-order valence-electron chi connectivity index (χ0n) is 11.1. The number of benzene rings is 1. The van der Waals surface area contributed by atoms with Crippen molar-refractivity contribution in [1.82, 2.24) is 0 Å². The number of rotatable bonds is 4. The van der Waals surface area contributed by atoms with Crippen LogP contribution in [0.25, 0.3) is 0 Å². The van der Waals surface area contributed by atoms with Gasteiger partial charge in [0.2, 0.25) is 0 Å². The average molecular weight is 252 g/mol. The molecule has 2 atom stereocenters. The lowest BCUT2D eigenvalue weighted by Gasteiger charge is -2.28. The van der Waals surface area contributed by atoms with E-state index < -0.39 is 0 Å². The third kappa shape index (κ3) is 2.94. The van der Waals surface area contributed by atoms with Crippen molar-refractivity contribution in [3.05, 3.63) is 23.8 Å². The molecule has 0 unspecified atom stereocenters. The Morgan fingerprint density at radius 2 is 2.17 bits per heavy atom. The van der Waals surface area contributed by atoms with Crippen molar-refractivity contribution < 1.29 is 18.9 Å². The van der Waals surface area contributed by atoms with Crippen LogP contribution in [0.4, 0.5) is 0 Å². The molecule has 100 valence electrons. The summed E-state index contributed by atoms with van der Waals surface area (Å²) in [4.78, 5) is 0. The number of ether oxygens (including phenoxy) is 4. The highest BCUT2D eigenvalue weighted by Crippen LogP contribution is 2.33. The fourth-order valence-corrected chi connectivity index (χ4v) is 1.94. The Morgan fingerprint density at radius 1 is 1.33 bits per heavy atom. The second-order valence-corrected chi connectivity index (χ2v) is 4.28. The summed E-state index contributed by atoms with van der Waals surface area (Å²) in [7, 11) is 1.63. The van der Waals surface area contributed by atoms with E-state index in [0.29, 0.717) is 12.4 Å². The number of methoxy groups -OCH3 is 1. The lowest BCUT2D eigenvalue weighted by molar-refractivity contribution is -0.212. The minimum atomic E-state index is -0.307. The van der Waals surface area contributed by atoms with Crippen LogP contribution in [-0.2, 0) is 9.47 Å². The zero-order valence-corrected chi connectivity index (χ0v) is 11.1. The molecule has 1 fully saturated rings. The fraction of sp³-hybridized carbons (Fsp3) is 0.571. The molecule has 0 aromatic heterocycles. The van der Waals surface area contributed by atoms with Crippen molar-refractivity contribution in [2.24, 2.45) is 0 Å². The van der Waals surface area contributed by atoms with Crippen LogP contribution in [0.5, 0.6) is 11.5 Å². The normalized spacial score (nSPS) is 23.7. The average Bonchev–Trinajstić information content (AvgIpc) is 2.39. The molecular weight excluding hydrogens is 232 g/mol. The first-order valence-corrected chi connectivity index (χ1v) is 6.32. The van der Waals surface area contributed by atoms with Gasteiger partial charge in [-0.25, -0.2) is 0 Å². The van der Waals surface area contributed by atoms with Crippen LogP contribution >= 0.6 is 0 Å². The predicted octanol–water partition coefficient (Wildman–Crippen LogP) is 2.92. The van der Waals surface area contributed by atoms with Crippen molar-refractivity contribution in [1.29, 1.82) is 0 Å². The molecule has 1 saturated heterocycles. The van der Waals surface area contributed by atoms with Crippen molar-refractivity contribution in [2.45, 2.75) is 32.7 Å². The minimum absolute atomic E-state index is 0.223. The lowest BCUT2D eigenvalue weighted by atomic mass is 10.1. The van der Waals surface area contributed by atoms with Gasteiger partial charge in [0.25, 0.3) is 0 Å². The second kappa shape index (κ2) is 6.07. The van der Waals surface area contributed by atoms with Crippen LogP contribution in [0.1, 0.15) is 32.1 Å². The molecule has 1 aromatic carbocycles. The summed E-state index contributed by atoms with van der Waals surface area (Å²) >= 11 is 0. The van der Waals surface area contributed by atoms with Crippen molar-refractivity contribution in [3.63, 3.8) is 0 Å². The molecule has 0 spiro atoms. The maximum atomic E-state index is 5.75. The summed E-state index contributed by atoms with van der Waals surface area (Å²) in [5, 5.41) is 0. The highest BCUT2D eigenvalue weighted by atomic mass is 16.7. The van der Waals surface area contributed by atoms with Gasteiger partial charge in [0, 0.05) is 5.56 Å². The lowest BCUT2D eigenvalue weighted by Crippen LogP contribution is -2.24. The molecule has 1 heterocycles. The van der Waals surface area contributed by atoms with Gasteiger partial charge in [-0.2, -0.15) is 0 Å². The molecule has 1 aromatic rings. The molecule has 0 N–H and O–H groups in total. The van der Waals surface area contributed by atoms with E-state index in [0.717, 1.165) is 24.3 Å². The highest BCUT2D eigenvalue weighted by molar-refractivity contribution is 5.43. The van der Waals surface area contributed by atoms with Gasteiger partial charge >= 0.3 is 0 Å². The Kier molecular flexibility index (Phi) is 4.44. The maximum Gasteiger partial charge on any atom is 0.184 e. The van der Waals surface area contributed by atoms with Crippen LogP contribution in [0.2, 0.25) is 0 Å². The number of hydrogen-bond acceptors (Lipinski definition) is 4. The monoisotopic (exact) mass is 252 g/mol. The molecule has 4 heteroatoms. The molecule has 0 radical (unpaired) electrons. The zero-order chi connectivity index (χ0) is 13.0. The van der Waals surface area contributed by atoms with E-state index in [1.807, 2.05) is 25.1 Å². The fourth-order valence-electron chi connectivity index (χ4n) is 1.94. The van der Waals surface area contributed by atoms with Gasteiger partial charge in [-0.15, -0.1) is 0 Å². The molecule has 4 nitrogen and oxygen atoms in total. The topological polar surface area (TPSA) is 36.9 Å². The van der Waals surface area contributed by atoms with Crippen molar-refractivity contribution in [3.8, 4) is 11.5 Å². The van der Waals surface area contributed by atoms with Crippen LogP contribution in [0.15, 0.2) is 18.2 Å². The van der Waals surface area contributed by atoms with E-state index in [1.165, 1.54) is 0 Å². The molecule has 0 saturated carbocycles. The summed E-state index contributed by atoms with van der Waals surface area (Å²) in [6.07, 6.45) is 0.852. The molecular formula is C14H20O4. The van der Waals surface area contributed by atoms with Gasteiger partial charge < -0.3 is 18.9 Å². The Balaban J connectivity index is 2.18. The first-order valence-electron chi connectivity index (χ1n) is 6.32. The SMILES string of the molecule is CCOc1ccc([C@H]2OCC[C@@H](C)O2)cc1OC. The smallest absolute Gasteiger partial charge is 0.184 e. The van der Waals surface area contributed by atoms with E-state index in [2.05, 4.69) is 6.92 Å². The first kappa shape index (κ1) is 13.2. The molecule has 0 aliphatic carbocycles. The molecule has 2 rings (SSSR count). The third-order valence-electron chi connectivity index (χ3n) is 2.91. The van der Waals surface area contributed by atoms with Gasteiger partial charge in [-0.1, -0.05) is 6.07 Å². The van der Waals surface area contributed by atoms with Gasteiger partial charge in [0.05, 0.1) is 26.4 Å². The van der Waals surface area contributed by atoms with Gasteiger partial charge in [0.1, 0.15) is 0 Å². The quantitative estimate of drug-likeness (QED) is 0.825. The second-order valence-electron chi connectivity index (χ2n) is 4.28. The minimum Gasteiger partial charge on any atom is -0.493 e. The van der Waals surface area contributed by atoms with Crippen LogP contribution in [0, 0.1) is 0 Å². The molecule has 18 heavy (non-hydrogen) atoms. The predicted molar refractivity (Wildman–Crippen MR) is 68.0 cm³/mol. The van der Waals surface area contributed by atoms with Crippen molar-refractivity contribution in [2.75, 3.05) is 20.3 Å². The Labute approximate surface area is 108 Å². The van der Waals surface area contributed by atoms with Gasteiger partial charge in [-0.05, 0) is 32.4 Å². The van der Waals surface area contributed by atoms with Crippen LogP contribution in [0.3, 0.4) is 0 Å². The molecule has 0 bridgehead atoms. The van der Waals surface area contributed by atoms with Crippen molar-refractivity contribution >= 4 is 0 Å². The molecule has 1 aliphatic rings. The standard InChI is InChI=1S/C14H20O4/c1-4-16-12-6-5-11(9-13(12)15-3)14-17-8-7-10(2)18-14/h5-6,9-10,14H,4,7-8H2,1-3H3/t10-,14+/m1/s1. The van der Waals surface area contributed by atoms with Gasteiger partial charge in [-0.3, -0.25) is 0 Å². The number of hydrogen-bond donors (Lipinski definition) is 0. The van der Waals surface area contributed by atoms with E-state index in [4.69, 9.17) is 18.9 Å². The van der Waals surface area contributed by atoms with Crippen LogP contribution < -0.4 is 9.47 Å². The Bertz CT molecular complexity index is 391. The first-order chi connectivity index (χ1) is 8.74. The largest absolute Gasteiger partial charge is 0.493 e. The summed E-state index contributed by atoms with van der Waals surface area (Å²) in [6, 6.07) is 5.76. The molecule has 1 aliphatic heterocycles.